The van der Waals surface area contributed by atoms with Crippen molar-refractivity contribution >= 4 is 23.2 Å². The standard InChI is InChI=1S/C27H27F3N6O2/c1-17-14-19(16-22(15-17)33-26(37)32-21-4-2-20(3-5-21)27(28,29)30)24-23(18-6-8-31-9-7-18)34-25(35-24)36-10-12-38-13-11-36/h2-9,15-17H,10-14H2,1H3,(H,34,35)(H2,32,33,37). The molecule has 1 fully saturated rings. The summed E-state index contributed by atoms with van der Waals surface area (Å²) in [6, 6.07) is 7.59. The maximum Gasteiger partial charge on any atom is 0.416 e. The van der Waals surface area contributed by atoms with Gasteiger partial charge in [-0.3, -0.25) is 4.98 Å². The van der Waals surface area contributed by atoms with Gasteiger partial charge in [0.2, 0.25) is 5.95 Å². The molecule has 0 radical (unpaired) electrons. The van der Waals surface area contributed by atoms with Crippen LogP contribution in [0.1, 0.15) is 24.6 Å². The molecule has 5 rings (SSSR count). The first-order chi connectivity index (χ1) is 18.3. The average molecular weight is 525 g/mol. The fourth-order valence-corrected chi connectivity index (χ4v) is 4.53. The first-order valence-electron chi connectivity index (χ1n) is 12.3. The van der Waals surface area contributed by atoms with Crippen LogP contribution < -0.4 is 15.5 Å². The second kappa shape index (κ2) is 10.7. The Balaban J connectivity index is 1.38. The number of hydrogen-bond donors (Lipinski definition) is 3. The summed E-state index contributed by atoms with van der Waals surface area (Å²) in [5, 5.41) is 5.40. The summed E-state index contributed by atoms with van der Waals surface area (Å²) in [6.45, 7) is 4.77. The number of allylic oxidation sites excluding steroid dienone is 3. The van der Waals surface area contributed by atoms with Crippen LogP contribution in [0.3, 0.4) is 0 Å². The number of pyridine rings is 1. The number of amides is 2. The van der Waals surface area contributed by atoms with Gasteiger partial charge in [0.15, 0.2) is 0 Å². The highest BCUT2D eigenvalue weighted by molar-refractivity contribution is 5.91. The number of rotatable bonds is 5. The number of halogens is 3. The van der Waals surface area contributed by atoms with Crippen LogP contribution in [0, 0.1) is 5.92 Å². The number of anilines is 2. The van der Waals surface area contributed by atoms with Gasteiger partial charge in [0.05, 0.1) is 30.2 Å². The third kappa shape index (κ3) is 5.88. The van der Waals surface area contributed by atoms with Crippen molar-refractivity contribution in [3.8, 4) is 11.3 Å². The zero-order valence-electron chi connectivity index (χ0n) is 20.7. The van der Waals surface area contributed by atoms with Crippen LogP contribution in [0.25, 0.3) is 16.8 Å². The second-order valence-electron chi connectivity index (χ2n) is 9.25. The molecular formula is C27H27F3N6O2. The normalized spacial score (nSPS) is 18.0. The van der Waals surface area contributed by atoms with E-state index in [-0.39, 0.29) is 11.6 Å². The molecule has 0 spiro atoms. The molecule has 1 aliphatic carbocycles. The molecule has 2 aromatic heterocycles. The van der Waals surface area contributed by atoms with Gasteiger partial charge in [-0.2, -0.15) is 13.2 Å². The number of alkyl halides is 3. The lowest BCUT2D eigenvalue weighted by Crippen LogP contribution is -2.36. The van der Waals surface area contributed by atoms with E-state index >= 15 is 0 Å². The molecule has 38 heavy (non-hydrogen) atoms. The van der Waals surface area contributed by atoms with Gasteiger partial charge in [-0.1, -0.05) is 13.0 Å². The number of benzene rings is 1. The highest BCUT2D eigenvalue weighted by Crippen LogP contribution is 2.36. The third-order valence-corrected chi connectivity index (χ3v) is 6.34. The number of carbonyl (C=O) groups excluding carboxylic acids is 1. The summed E-state index contributed by atoms with van der Waals surface area (Å²) < 4.78 is 43.9. The van der Waals surface area contributed by atoms with Crippen LogP contribution in [0.2, 0.25) is 0 Å². The van der Waals surface area contributed by atoms with Crippen molar-refractivity contribution in [1.82, 2.24) is 20.3 Å². The van der Waals surface area contributed by atoms with E-state index in [1.165, 1.54) is 12.1 Å². The van der Waals surface area contributed by atoms with E-state index < -0.39 is 17.8 Å². The third-order valence-electron chi connectivity index (χ3n) is 6.34. The molecule has 1 unspecified atom stereocenters. The number of aromatic nitrogens is 3. The lowest BCUT2D eigenvalue weighted by Gasteiger charge is -2.26. The van der Waals surface area contributed by atoms with Crippen molar-refractivity contribution in [1.29, 1.82) is 0 Å². The molecule has 2 aliphatic rings. The summed E-state index contributed by atoms with van der Waals surface area (Å²) >= 11 is 0. The van der Waals surface area contributed by atoms with Crippen LogP contribution in [-0.4, -0.2) is 47.3 Å². The Kier molecular flexibility index (Phi) is 7.19. The summed E-state index contributed by atoms with van der Waals surface area (Å²) in [5.74, 6) is 0.873. The molecule has 8 nitrogen and oxygen atoms in total. The van der Waals surface area contributed by atoms with Gasteiger partial charge in [0, 0.05) is 42.4 Å². The number of carbonyl (C=O) groups is 1. The lowest BCUT2D eigenvalue weighted by atomic mass is 9.91. The van der Waals surface area contributed by atoms with Crippen molar-refractivity contribution in [2.75, 3.05) is 36.5 Å². The quantitative estimate of drug-likeness (QED) is 0.412. The highest BCUT2D eigenvalue weighted by atomic mass is 19.4. The van der Waals surface area contributed by atoms with E-state index in [0.29, 0.717) is 18.9 Å². The maximum absolute atomic E-state index is 12.8. The van der Waals surface area contributed by atoms with E-state index in [1.54, 1.807) is 12.4 Å². The minimum atomic E-state index is -4.44. The van der Waals surface area contributed by atoms with Gasteiger partial charge < -0.3 is 25.3 Å². The number of aromatic amines is 1. The number of nitrogens with zero attached hydrogens (tertiary/aromatic N) is 3. The maximum atomic E-state index is 12.8. The smallest absolute Gasteiger partial charge is 0.378 e. The molecule has 3 aromatic rings. The van der Waals surface area contributed by atoms with E-state index in [9.17, 15) is 18.0 Å². The summed E-state index contributed by atoms with van der Waals surface area (Å²) in [4.78, 5) is 27.4. The SMILES string of the molecule is CC1C=C(NC(=O)Nc2ccc(C(F)(F)F)cc2)C=C(c2nc(N3CCOCC3)[nH]c2-c2ccncc2)C1. The zero-order valence-corrected chi connectivity index (χ0v) is 20.7. The summed E-state index contributed by atoms with van der Waals surface area (Å²) in [6.07, 6.45) is 3.56. The molecule has 0 saturated carbocycles. The predicted molar refractivity (Wildman–Crippen MR) is 138 cm³/mol. The molecule has 3 heterocycles. The van der Waals surface area contributed by atoms with E-state index in [1.807, 2.05) is 31.2 Å². The van der Waals surface area contributed by atoms with Gasteiger partial charge in [0.25, 0.3) is 0 Å². The van der Waals surface area contributed by atoms with Crippen LogP contribution in [0.4, 0.5) is 29.6 Å². The van der Waals surface area contributed by atoms with Crippen molar-refractivity contribution in [3.63, 3.8) is 0 Å². The molecule has 1 aromatic carbocycles. The van der Waals surface area contributed by atoms with Crippen LogP contribution >= 0.6 is 0 Å². The van der Waals surface area contributed by atoms with Crippen molar-refractivity contribution in [2.24, 2.45) is 5.92 Å². The van der Waals surface area contributed by atoms with E-state index in [2.05, 4.69) is 25.5 Å². The molecular weight excluding hydrogens is 497 g/mol. The first-order valence-corrected chi connectivity index (χ1v) is 12.3. The minimum Gasteiger partial charge on any atom is -0.378 e. The predicted octanol–water partition coefficient (Wildman–Crippen LogP) is 5.46. The number of urea groups is 1. The Labute approximate surface area is 217 Å². The molecule has 0 bridgehead atoms. The fourth-order valence-electron chi connectivity index (χ4n) is 4.53. The Hall–Kier alpha value is -4.12. The van der Waals surface area contributed by atoms with Crippen molar-refractivity contribution in [3.05, 3.63) is 77.9 Å². The monoisotopic (exact) mass is 524 g/mol. The number of hydrogen-bond acceptors (Lipinski definition) is 5. The molecule has 2 amide bonds. The first kappa shape index (κ1) is 25.5. The van der Waals surface area contributed by atoms with Gasteiger partial charge in [-0.25, -0.2) is 9.78 Å². The minimum absolute atomic E-state index is 0.116. The number of nitrogens with one attached hydrogen (secondary N) is 3. The zero-order chi connectivity index (χ0) is 26.7. The van der Waals surface area contributed by atoms with Crippen molar-refractivity contribution < 1.29 is 22.7 Å². The average Bonchev–Trinajstić information content (AvgIpc) is 3.35. The van der Waals surface area contributed by atoms with Gasteiger partial charge in [0.1, 0.15) is 0 Å². The Morgan fingerprint density at radius 1 is 1.08 bits per heavy atom. The van der Waals surface area contributed by atoms with Crippen molar-refractivity contribution in [2.45, 2.75) is 19.5 Å². The lowest BCUT2D eigenvalue weighted by molar-refractivity contribution is -0.137. The summed E-state index contributed by atoms with van der Waals surface area (Å²) in [7, 11) is 0. The molecule has 11 heteroatoms. The van der Waals surface area contributed by atoms with E-state index in [0.717, 1.165) is 60.1 Å². The van der Waals surface area contributed by atoms with Crippen LogP contribution in [0.15, 0.2) is 66.6 Å². The number of H-pyrrole nitrogens is 1. The number of imidazole rings is 1. The fraction of sp³-hybridized carbons (Fsp3) is 0.296. The highest BCUT2D eigenvalue weighted by Gasteiger charge is 2.30. The number of morpholine rings is 1. The second-order valence-corrected chi connectivity index (χ2v) is 9.25. The van der Waals surface area contributed by atoms with E-state index in [4.69, 9.17) is 9.72 Å². The van der Waals surface area contributed by atoms with Gasteiger partial charge in [-0.15, -0.1) is 0 Å². The van der Waals surface area contributed by atoms with Crippen LogP contribution in [0.5, 0.6) is 0 Å². The molecule has 1 saturated heterocycles. The Morgan fingerprint density at radius 2 is 1.79 bits per heavy atom. The van der Waals surface area contributed by atoms with Gasteiger partial charge >= 0.3 is 12.2 Å². The Morgan fingerprint density at radius 3 is 2.47 bits per heavy atom. The number of ether oxygens (including phenoxy) is 1. The topological polar surface area (TPSA) is 95.2 Å². The summed E-state index contributed by atoms with van der Waals surface area (Å²) in [5.41, 5.74) is 3.61. The van der Waals surface area contributed by atoms with Crippen LogP contribution in [-0.2, 0) is 10.9 Å². The molecule has 1 atom stereocenters. The molecule has 198 valence electrons. The molecule has 1 aliphatic heterocycles. The van der Waals surface area contributed by atoms with Gasteiger partial charge in [-0.05, 0) is 60.4 Å². The Bertz CT molecular complexity index is 1340. The molecule has 3 N–H and O–H groups in total. The largest absolute Gasteiger partial charge is 0.416 e.